The summed E-state index contributed by atoms with van der Waals surface area (Å²) in [7, 11) is 0. The maximum atomic E-state index is 13.1. The number of ether oxygens (including phenoxy) is 1. The van der Waals surface area contributed by atoms with Crippen LogP contribution in [-0.2, 0) is 0 Å². The van der Waals surface area contributed by atoms with Crippen LogP contribution in [0.1, 0.15) is 18.5 Å². The molecule has 0 spiro atoms. The summed E-state index contributed by atoms with van der Waals surface area (Å²) in [4.78, 5) is 7.88. The van der Waals surface area contributed by atoms with Gasteiger partial charge in [-0.1, -0.05) is 0 Å². The van der Waals surface area contributed by atoms with Gasteiger partial charge in [-0.3, -0.25) is 4.40 Å². The van der Waals surface area contributed by atoms with E-state index in [0.29, 0.717) is 28.3 Å². The van der Waals surface area contributed by atoms with Crippen LogP contribution in [0.5, 0.6) is 5.75 Å². The van der Waals surface area contributed by atoms with Crippen molar-refractivity contribution in [2.75, 3.05) is 6.61 Å². The van der Waals surface area contributed by atoms with Gasteiger partial charge >= 0.3 is 0 Å². The predicted octanol–water partition coefficient (Wildman–Crippen LogP) is 2.31. The fraction of sp³-hybridized carbons (Fsp3) is 0.235. The van der Waals surface area contributed by atoms with Crippen LogP contribution in [-0.4, -0.2) is 31.7 Å². The Balaban J connectivity index is 1.82. The average molecular weight is 324 g/mol. The van der Waals surface area contributed by atoms with Crippen molar-refractivity contribution >= 4 is 5.65 Å². The van der Waals surface area contributed by atoms with Crippen molar-refractivity contribution in [3.05, 3.63) is 48.3 Å². The van der Waals surface area contributed by atoms with Gasteiger partial charge in [0.2, 0.25) is 5.95 Å². The minimum atomic E-state index is -0.739. The summed E-state index contributed by atoms with van der Waals surface area (Å²) in [5.41, 5.74) is 1.40. The Kier molecular flexibility index (Phi) is 3.22. The van der Waals surface area contributed by atoms with Crippen molar-refractivity contribution in [2.45, 2.75) is 18.4 Å². The highest BCUT2D eigenvalue weighted by molar-refractivity contribution is 5.67. The molecule has 1 aliphatic carbocycles. The number of hydrogen-bond acceptors (Lipinski definition) is 5. The van der Waals surface area contributed by atoms with Crippen LogP contribution in [0.15, 0.2) is 36.7 Å². The first-order chi connectivity index (χ1) is 11.6. The molecule has 6 nitrogen and oxygen atoms in total. The van der Waals surface area contributed by atoms with Gasteiger partial charge in [0.1, 0.15) is 29.8 Å². The van der Waals surface area contributed by atoms with Crippen LogP contribution in [0.3, 0.4) is 0 Å². The normalized spacial score (nSPS) is 15.2. The topological polar surface area (TPSA) is 83.4 Å². The zero-order chi connectivity index (χ0) is 16.7. The van der Waals surface area contributed by atoms with Crippen molar-refractivity contribution < 1.29 is 14.2 Å². The molecule has 1 fully saturated rings. The number of halogens is 1. The number of fused-ring (bicyclic) bond motifs is 1. The third-order valence-electron chi connectivity index (χ3n) is 4.05. The van der Waals surface area contributed by atoms with Gasteiger partial charge in [0, 0.05) is 23.9 Å². The molecule has 0 unspecified atom stereocenters. The second kappa shape index (κ2) is 5.28. The molecule has 0 aliphatic heterocycles. The summed E-state index contributed by atoms with van der Waals surface area (Å²) in [6.45, 7) is 0.204. The smallest absolute Gasteiger partial charge is 0.212 e. The molecule has 0 radical (unpaired) electrons. The SMILES string of the molecule is N#Cc1cnc2cc(OCC3(O)CC3)cc(-c3ccc(F)nc3)n12. The van der Waals surface area contributed by atoms with E-state index in [1.165, 1.54) is 18.5 Å². The quantitative estimate of drug-likeness (QED) is 0.745. The minimum Gasteiger partial charge on any atom is -0.490 e. The van der Waals surface area contributed by atoms with E-state index in [1.807, 2.05) is 0 Å². The molecule has 120 valence electrons. The van der Waals surface area contributed by atoms with E-state index in [9.17, 15) is 14.8 Å². The van der Waals surface area contributed by atoms with Gasteiger partial charge in [-0.15, -0.1) is 0 Å². The van der Waals surface area contributed by atoms with Crippen LogP contribution in [0.25, 0.3) is 16.9 Å². The van der Waals surface area contributed by atoms with Crippen molar-refractivity contribution in [1.29, 1.82) is 5.26 Å². The summed E-state index contributed by atoms with van der Waals surface area (Å²) in [5, 5.41) is 19.2. The van der Waals surface area contributed by atoms with Crippen molar-refractivity contribution in [3.8, 4) is 23.1 Å². The molecule has 0 saturated heterocycles. The fourth-order valence-corrected chi connectivity index (χ4v) is 2.50. The van der Waals surface area contributed by atoms with Crippen LogP contribution in [0.4, 0.5) is 4.39 Å². The number of imidazole rings is 1. The van der Waals surface area contributed by atoms with Crippen molar-refractivity contribution in [1.82, 2.24) is 14.4 Å². The zero-order valence-electron chi connectivity index (χ0n) is 12.6. The molecule has 24 heavy (non-hydrogen) atoms. The van der Waals surface area contributed by atoms with E-state index >= 15 is 0 Å². The second-order valence-corrected chi connectivity index (χ2v) is 5.91. The standard InChI is InChI=1S/C17H13FN4O2/c18-15-2-1-11(8-20-15)14-5-13(24-10-17(23)3-4-17)6-16-21-9-12(7-19)22(14)16/h1-2,5-6,8-9,23H,3-4,10H2. The number of aromatic nitrogens is 3. The van der Waals surface area contributed by atoms with Gasteiger partial charge in [-0.05, 0) is 25.0 Å². The van der Waals surface area contributed by atoms with Gasteiger partial charge in [0.05, 0.1) is 17.5 Å². The van der Waals surface area contributed by atoms with E-state index in [4.69, 9.17) is 4.74 Å². The molecule has 1 N–H and O–H groups in total. The third kappa shape index (κ3) is 2.57. The molecule has 0 aromatic carbocycles. The molecule has 1 saturated carbocycles. The summed E-state index contributed by atoms with van der Waals surface area (Å²) in [5.74, 6) is -0.0540. The summed E-state index contributed by atoms with van der Waals surface area (Å²) < 4.78 is 20.5. The highest BCUT2D eigenvalue weighted by Crippen LogP contribution is 2.36. The largest absolute Gasteiger partial charge is 0.490 e. The molecule has 7 heteroatoms. The second-order valence-electron chi connectivity index (χ2n) is 5.91. The summed E-state index contributed by atoms with van der Waals surface area (Å²) in [6, 6.07) is 8.35. The molecule has 0 amide bonds. The molecule has 3 aromatic rings. The summed E-state index contributed by atoms with van der Waals surface area (Å²) in [6.07, 6.45) is 4.31. The lowest BCUT2D eigenvalue weighted by Gasteiger charge is -2.13. The fourth-order valence-electron chi connectivity index (χ4n) is 2.50. The van der Waals surface area contributed by atoms with Crippen molar-refractivity contribution in [2.24, 2.45) is 0 Å². The number of nitriles is 1. The highest BCUT2D eigenvalue weighted by Gasteiger charge is 2.41. The van der Waals surface area contributed by atoms with Gasteiger partial charge in [0.15, 0.2) is 0 Å². The Morgan fingerprint density at radius 3 is 2.79 bits per heavy atom. The van der Waals surface area contributed by atoms with Crippen LogP contribution in [0.2, 0.25) is 0 Å². The first-order valence-corrected chi connectivity index (χ1v) is 7.47. The predicted molar refractivity (Wildman–Crippen MR) is 82.8 cm³/mol. The lowest BCUT2D eigenvalue weighted by atomic mass is 10.1. The minimum absolute atomic E-state index is 0.204. The Hall–Kier alpha value is -2.98. The van der Waals surface area contributed by atoms with Crippen LogP contribution < -0.4 is 4.74 Å². The Labute approximate surface area is 136 Å². The number of hydrogen-bond donors (Lipinski definition) is 1. The Morgan fingerprint density at radius 1 is 1.29 bits per heavy atom. The van der Waals surface area contributed by atoms with E-state index in [-0.39, 0.29) is 6.61 Å². The Bertz CT molecular complexity index is 955. The molecule has 1 aliphatic rings. The van der Waals surface area contributed by atoms with Crippen LogP contribution in [0, 0.1) is 17.3 Å². The molecular weight excluding hydrogens is 311 g/mol. The Morgan fingerprint density at radius 2 is 2.12 bits per heavy atom. The molecule has 3 heterocycles. The van der Waals surface area contributed by atoms with E-state index < -0.39 is 11.5 Å². The van der Waals surface area contributed by atoms with Gasteiger partial charge in [-0.2, -0.15) is 9.65 Å². The first-order valence-electron chi connectivity index (χ1n) is 7.47. The molecule has 3 aromatic heterocycles. The number of rotatable bonds is 4. The van der Waals surface area contributed by atoms with Crippen molar-refractivity contribution in [3.63, 3.8) is 0 Å². The highest BCUT2D eigenvalue weighted by atomic mass is 19.1. The third-order valence-corrected chi connectivity index (χ3v) is 4.05. The summed E-state index contributed by atoms with van der Waals surface area (Å²) >= 11 is 0. The molecule has 0 bridgehead atoms. The van der Waals surface area contributed by atoms with Crippen LogP contribution >= 0.6 is 0 Å². The maximum Gasteiger partial charge on any atom is 0.212 e. The first kappa shape index (κ1) is 14.6. The lowest BCUT2D eigenvalue weighted by molar-refractivity contribution is 0.0857. The number of pyridine rings is 2. The number of nitrogens with zero attached hydrogens (tertiary/aromatic N) is 4. The lowest BCUT2D eigenvalue weighted by Crippen LogP contribution is -2.18. The maximum absolute atomic E-state index is 13.1. The van der Waals surface area contributed by atoms with E-state index in [1.54, 1.807) is 22.6 Å². The number of aliphatic hydroxyl groups is 1. The van der Waals surface area contributed by atoms with Gasteiger partial charge < -0.3 is 9.84 Å². The molecular formula is C17H13FN4O2. The zero-order valence-corrected chi connectivity index (χ0v) is 12.6. The van der Waals surface area contributed by atoms with E-state index in [2.05, 4.69) is 16.0 Å². The van der Waals surface area contributed by atoms with Gasteiger partial charge in [-0.25, -0.2) is 9.97 Å². The monoisotopic (exact) mass is 324 g/mol. The molecule has 0 atom stereocenters. The van der Waals surface area contributed by atoms with Gasteiger partial charge in [0.25, 0.3) is 0 Å². The average Bonchev–Trinajstić information content (AvgIpc) is 3.18. The van der Waals surface area contributed by atoms with E-state index in [0.717, 1.165) is 12.8 Å². The molecule has 4 rings (SSSR count).